The first-order valence-electron chi connectivity index (χ1n) is 9.09. The SMILES string of the molecule is Cc1cc(NC(=O)C2CCCN(c3cc(-n4cncn4)ncn3)C2)ccc1Br. The number of carbonyl (C=O) groups is 1. The molecule has 3 heterocycles. The second-order valence-electron chi connectivity index (χ2n) is 6.81. The van der Waals surface area contributed by atoms with Gasteiger partial charge >= 0.3 is 0 Å². The van der Waals surface area contributed by atoms with Crippen LogP contribution in [0.5, 0.6) is 0 Å². The summed E-state index contributed by atoms with van der Waals surface area (Å²) in [6.45, 7) is 3.48. The van der Waals surface area contributed by atoms with Crippen LogP contribution in [-0.4, -0.2) is 43.7 Å². The summed E-state index contributed by atoms with van der Waals surface area (Å²) >= 11 is 3.48. The monoisotopic (exact) mass is 441 g/mol. The predicted molar refractivity (Wildman–Crippen MR) is 109 cm³/mol. The molecule has 0 spiro atoms. The van der Waals surface area contributed by atoms with E-state index in [1.807, 2.05) is 31.2 Å². The number of nitrogens with zero attached hydrogens (tertiary/aromatic N) is 6. The second kappa shape index (κ2) is 8.05. The van der Waals surface area contributed by atoms with Crippen molar-refractivity contribution in [1.82, 2.24) is 24.7 Å². The van der Waals surface area contributed by atoms with Crippen LogP contribution in [0.15, 0.2) is 47.7 Å². The third kappa shape index (κ3) is 4.04. The van der Waals surface area contributed by atoms with Gasteiger partial charge in [0.15, 0.2) is 5.82 Å². The van der Waals surface area contributed by atoms with Gasteiger partial charge in [-0.05, 0) is 43.5 Å². The van der Waals surface area contributed by atoms with E-state index in [-0.39, 0.29) is 11.8 Å². The van der Waals surface area contributed by atoms with Gasteiger partial charge in [0.1, 0.15) is 24.8 Å². The smallest absolute Gasteiger partial charge is 0.229 e. The van der Waals surface area contributed by atoms with Crippen molar-refractivity contribution in [2.45, 2.75) is 19.8 Å². The molecule has 4 rings (SSSR count). The van der Waals surface area contributed by atoms with E-state index < -0.39 is 0 Å². The molecule has 8 nitrogen and oxygen atoms in total. The molecule has 1 aliphatic heterocycles. The Morgan fingerprint density at radius 3 is 2.86 bits per heavy atom. The number of carbonyl (C=O) groups excluding carboxylic acids is 1. The first kappa shape index (κ1) is 18.5. The molecule has 0 bridgehead atoms. The molecule has 2 aromatic heterocycles. The van der Waals surface area contributed by atoms with E-state index in [4.69, 9.17) is 0 Å². The summed E-state index contributed by atoms with van der Waals surface area (Å²) in [6, 6.07) is 7.69. The predicted octanol–water partition coefficient (Wildman–Crippen LogP) is 2.98. The van der Waals surface area contributed by atoms with E-state index in [2.05, 4.69) is 46.2 Å². The van der Waals surface area contributed by atoms with Gasteiger partial charge in [-0.15, -0.1) is 0 Å². The van der Waals surface area contributed by atoms with Crippen molar-refractivity contribution in [1.29, 1.82) is 0 Å². The highest BCUT2D eigenvalue weighted by atomic mass is 79.9. The normalized spacial score (nSPS) is 16.8. The first-order valence-corrected chi connectivity index (χ1v) is 9.88. The Morgan fingerprint density at radius 1 is 1.21 bits per heavy atom. The minimum atomic E-state index is -0.0949. The number of hydrogen-bond acceptors (Lipinski definition) is 6. The number of aromatic nitrogens is 5. The summed E-state index contributed by atoms with van der Waals surface area (Å²) in [5.41, 5.74) is 1.91. The summed E-state index contributed by atoms with van der Waals surface area (Å²) in [4.78, 5) is 27.5. The Morgan fingerprint density at radius 2 is 2.07 bits per heavy atom. The highest BCUT2D eigenvalue weighted by Crippen LogP contribution is 2.25. The molecule has 1 aromatic carbocycles. The molecule has 9 heteroatoms. The van der Waals surface area contributed by atoms with Gasteiger partial charge in [0.2, 0.25) is 5.91 Å². The van der Waals surface area contributed by atoms with Crippen molar-refractivity contribution in [2.24, 2.45) is 5.92 Å². The minimum Gasteiger partial charge on any atom is -0.356 e. The zero-order valence-corrected chi connectivity index (χ0v) is 17.0. The lowest BCUT2D eigenvalue weighted by Gasteiger charge is -2.32. The second-order valence-corrected chi connectivity index (χ2v) is 7.67. The van der Waals surface area contributed by atoms with E-state index in [0.717, 1.165) is 40.9 Å². The quantitative estimate of drug-likeness (QED) is 0.669. The number of aryl methyl sites for hydroxylation is 1. The Labute approximate surface area is 171 Å². The number of halogens is 1. The number of anilines is 2. The molecule has 1 fully saturated rings. The standard InChI is InChI=1S/C19H20BrN7O/c1-13-7-15(4-5-16(13)20)25-19(28)14-3-2-6-26(9-14)17-8-18(23-11-22-17)27-12-21-10-24-27/h4-5,7-8,10-12,14H,2-3,6,9H2,1H3,(H,25,28). The summed E-state index contributed by atoms with van der Waals surface area (Å²) in [5, 5.41) is 7.15. The topological polar surface area (TPSA) is 88.8 Å². The summed E-state index contributed by atoms with van der Waals surface area (Å²) in [5.74, 6) is 1.39. The maximum atomic E-state index is 12.8. The third-order valence-corrected chi connectivity index (χ3v) is 5.72. The van der Waals surface area contributed by atoms with Gasteiger partial charge in [0, 0.05) is 29.3 Å². The molecule has 1 saturated heterocycles. The summed E-state index contributed by atoms with van der Waals surface area (Å²) < 4.78 is 2.62. The van der Waals surface area contributed by atoms with Crippen molar-refractivity contribution in [3.05, 3.63) is 53.3 Å². The van der Waals surface area contributed by atoms with E-state index >= 15 is 0 Å². The van der Waals surface area contributed by atoms with E-state index in [1.54, 1.807) is 11.0 Å². The molecule has 1 unspecified atom stereocenters. The summed E-state index contributed by atoms with van der Waals surface area (Å²) in [7, 11) is 0. The lowest BCUT2D eigenvalue weighted by Crippen LogP contribution is -2.41. The molecular formula is C19H20BrN7O. The van der Waals surface area contributed by atoms with E-state index in [0.29, 0.717) is 12.4 Å². The van der Waals surface area contributed by atoms with Crippen molar-refractivity contribution < 1.29 is 4.79 Å². The van der Waals surface area contributed by atoms with Crippen LogP contribution in [0, 0.1) is 12.8 Å². The maximum Gasteiger partial charge on any atom is 0.229 e. The molecule has 144 valence electrons. The van der Waals surface area contributed by atoms with E-state index in [1.165, 1.54) is 12.7 Å². The lowest BCUT2D eigenvalue weighted by atomic mass is 9.97. The molecule has 3 aromatic rings. The van der Waals surface area contributed by atoms with Crippen molar-refractivity contribution in [2.75, 3.05) is 23.3 Å². The summed E-state index contributed by atoms with van der Waals surface area (Å²) in [6.07, 6.45) is 6.37. The van der Waals surface area contributed by atoms with Crippen molar-refractivity contribution in [3.63, 3.8) is 0 Å². The van der Waals surface area contributed by atoms with Crippen LogP contribution in [-0.2, 0) is 4.79 Å². The van der Waals surface area contributed by atoms with Gasteiger partial charge in [0.25, 0.3) is 0 Å². The van der Waals surface area contributed by atoms with Crippen LogP contribution in [0.3, 0.4) is 0 Å². The highest BCUT2D eigenvalue weighted by Gasteiger charge is 2.27. The fourth-order valence-corrected chi connectivity index (χ4v) is 3.57. The van der Waals surface area contributed by atoms with Gasteiger partial charge < -0.3 is 10.2 Å². The zero-order chi connectivity index (χ0) is 19.5. The molecule has 1 amide bonds. The number of nitrogens with one attached hydrogen (secondary N) is 1. The van der Waals surface area contributed by atoms with Crippen LogP contribution in [0.1, 0.15) is 18.4 Å². The average Bonchev–Trinajstić information content (AvgIpc) is 3.26. The van der Waals surface area contributed by atoms with Gasteiger partial charge in [0.05, 0.1) is 5.92 Å². The van der Waals surface area contributed by atoms with Gasteiger partial charge in [-0.3, -0.25) is 4.79 Å². The molecule has 1 N–H and O–H groups in total. The Kier molecular flexibility index (Phi) is 5.34. The van der Waals surface area contributed by atoms with Crippen LogP contribution >= 0.6 is 15.9 Å². The molecule has 0 radical (unpaired) electrons. The lowest BCUT2D eigenvalue weighted by molar-refractivity contribution is -0.120. The van der Waals surface area contributed by atoms with E-state index in [9.17, 15) is 4.79 Å². The first-order chi connectivity index (χ1) is 13.6. The number of amides is 1. The number of piperidine rings is 1. The Bertz CT molecular complexity index is 976. The molecule has 1 aliphatic rings. The molecule has 28 heavy (non-hydrogen) atoms. The molecule has 0 aliphatic carbocycles. The molecular weight excluding hydrogens is 422 g/mol. The third-order valence-electron chi connectivity index (χ3n) is 4.83. The number of rotatable bonds is 4. The zero-order valence-electron chi connectivity index (χ0n) is 15.4. The van der Waals surface area contributed by atoms with Gasteiger partial charge in [-0.25, -0.2) is 19.6 Å². The van der Waals surface area contributed by atoms with Crippen LogP contribution < -0.4 is 10.2 Å². The fourth-order valence-electron chi connectivity index (χ4n) is 3.33. The van der Waals surface area contributed by atoms with Crippen LogP contribution in [0.25, 0.3) is 5.82 Å². The largest absolute Gasteiger partial charge is 0.356 e. The fraction of sp³-hybridized carbons (Fsp3) is 0.316. The van der Waals surface area contributed by atoms with Crippen molar-refractivity contribution >= 4 is 33.3 Å². The van der Waals surface area contributed by atoms with Crippen LogP contribution in [0.2, 0.25) is 0 Å². The minimum absolute atomic E-state index is 0.0389. The van der Waals surface area contributed by atoms with Crippen LogP contribution in [0.4, 0.5) is 11.5 Å². The highest BCUT2D eigenvalue weighted by molar-refractivity contribution is 9.10. The molecule has 0 saturated carbocycles. The van der Waals surface area contributed by atoms with Gasteiger partial charge in [-0.2, -0.15) is 5.10 Å². The van der Waals surface area contributed by atoms with Crippen molar-refractivity contribution in [3.8, 4) is 5.82 Å². The number of benzene rings is 1. The molecule has 1 atom stereocenters. The average molecular weight is 442 g/mol. The van der Waals surface area contributed by atoms with Gasteiger partial charge in [-0.1, -0.05) is 15.9 Å². The number of hydrogen-bond donors (Lipinski definition) is 1. The Hall–Kier alpha value is -2.81. The Balaban J connectivity index is 1.46. The maximum absolute atomic E-state index is 12.8.